The second-order valence-corrected chi connectivity index (χ2v) is 7.05. The molecule has 0 unspecified atom stereocenters. The second-order valence-electron chi connectivity index (χ2n) is 6.14. The highest BCUT2D eigenvalue weighted by atomic mass is 32.1. The average Bonchev–Trinajstić information content (AvgIpc) is 3.22. The Bertz CT molecular complexity index is 958. The highest BCUT2D eigenvalue weighted by Gasteiger charge is 2.51. The fraction of sp³-hybridized carbons (Fsp3) is 0.294. The average molecular weight is 388 g/mol. The summed E-state index contributed by atoms with van der Waals surface area (Å²) in [5.74, 6) is -2.98. The Morgan fingerprint density at radius 1 is 1.30 bits per heavy atom. The van der Waals surface area contributed by atoms with Gasteiger partial charge in [0.15, 0.2) is 12.1 Å². The van der Waals surface area contributed by atoms with Gasteiger partial charge in [-0.25, -0.2) is 14.8 Å². The van der Waals surface area contributed by atoms with Crippen LogP contribution in [-0.2, 0) is 19.1 Å². The Balaban J connectivity index is 1.74. The summed E-state index contributed by atoms with van der Waals surface area (Å²) in [7, 11) is 0. The first-order chi connectivity index (χ1) is 13.0. The van der Waals surface area contributed by atoms with Crippen LogP contribution in [0.1, 0.15) is 6.92 Å². The fourth-order valence-electron chi connectivity index (χ4n) is 3.15. The highest BCUT2D eigenvalue weighted by Crippen LogP contribution is 2.36. The zero-order valence-corrected chi connectivity index (χ0v) is 15.1. The molecule has 0 bridgehead atoms. The SMILES string of the molecule is CC(=O)O[C@@H]1NC(=O)[C@H]1C(=O)N(c1csc2ccccc12)N1CCNC1=O. The van der Waals surface area contributed by atoms with Crippen molar-refractivity contribution in [2.75, 3.05) is 18.1 Å². The third-order valence-corrected chi connectivity index (χ3v) is 5.35. The lowest BCUT2D eigenvalue weighted by molar-refractivity contribution is -0.170. The van der Waals surface area contributed by atoms with E-state index in [0.29, 0.717) is 12.2 Å². The zero-order valence-electron chi connectivity index (χ0n) is 14.3. The minimum Gasteiger partial charge on any atom is -0.440 e. The number of amides is 4. The third kappa shape index (κ3) is 2.87. The summed E-state index contributed by atoms with van der Waals surface area (Å²) in [6, 6.07) is 7.05. The van der Waals surface area contributed by atoms with E-state index in [9.17, 15) is 19.2 Å². The molecule has 27 heavy (non-hydrogen) atoms. The number of anilines is 1. The van der Waals surface area contributed by atoms with Gasteiger partial charge >= 0.3 is 12.0 Å². The van der Waals surface area contributed by atoms with Gasteiger partial charge in [0.05, 0.1) is 12.2 Å². The quantitative estimate of drug-likeness (QED) is 0.458. The number of nitrogens with one attached hydrogen (secondary N) is 2. The first-order valence-corrected chi connectivity index (χ1v) is 9.18. The van der Waals surface area contributed by atoms with Crippen LogP contribution in [0.3, 0.4) is 0 Å². The van der Waals surface area contributed by atoms with Gasteiger partial charge in [0, 0.05) is 28.9 Å². The molecule has 3 heterocycles. The fourth-order valence-corrected chi connectivity index (χ4v) is 4.07. The molecule has 2 aromatic rings. The van der Waals surface area contributed by atoms with Crippen LogP contribution >= 0.6 is 11.3 Å². The number of nitrogens with zero attached hydrogens (tertiary/aromatic N) is 2. The largest absolute Gasteiger partial charge is 0.440 e. The molecule has 2 fully saturated rings. The summed E-state index contributed by atoms with van der Waals surface area (Å²) in [6.45, 7) is 1.86. The Morgan fingerprint density at radius 2 is 2.07 bits per heavy atom. The normalized spacial score (nSPS) is 21.4. The molecule has 2 saturated heterocycles. The molecular formula is C17H16N4O5S. The second kappa shape index (κ2) is 6.54. The molecule has 140 valence electrons. The van der Waals surface area contributed by atoms with Crippen molar-refractivity contribution in [1.82, 2.24) is 15.6 Å². The lowest BCUT2D eigenvalue weighted by atomic mass is 9.97. The number of urea groups is 1. The van der Waals surface area contributed by atoms with Crippen LogP contribution < -0.4 is 15.6 Å². The number of hydrazine groups is 1. The smallest absolute Gasteiger partial charge is 0.336 e. The highest BCUT2D eigenvalue weighted by molar-refractivity contribution is 7.17. The summed E-state index contributed by atoms with van der Waals surface area (Å²) in [5.41, 5.74) is 0.513. The number of esters is 1. The van der Waals surface area contributed by atoms with Gasteiger partial charge in [0.25, 0.3) is 5.91 Å². The van der Waals surface area contributed by atoms with E-state index in [0.717, 1.165) is 10.1 Å². The summed E-state index contributed by atoms with van der Waals surface area (Å²) < 4.78 is 5.94. The van der Waals surface area contributed by atoms with E-state index in [4.69, 9.17) is 4.74 Å². The lowest BCUT2D eigenvalue weighted by Gasteiger charge is -2.39. The first-order valence-electron chi connectivity index (χ1n) is 8.30. The van der Waals surface area contributed by atoms with Crippen LogP contribution in [0.15, 0.2) is 29.6 Å². The minimum absolute atomic E-state index is 0.279. The zero-order chi connectivity index (χ0) is 19.1. The Hall–Kier alpha value is -3.14. The monoisotopic (exact) mass is 388 g/mol. The Kier molecular flexibility index (Phi) is 4.19. The van der Waals surface area contributed by atoms with Crippen molar-refractivity contribution in [3.8, 4) is 0 Å². The van der Waals surface area contributed by atoms with Crippen molar-refractivity contribution in [3.05, 3.63) is 29.6 Å². The maximum atomic E-state index is 13.3. The van der Waals surface area contributed by atoms with E-state index in [1.807, 2.05) is 24.3 Å². The number of fused-ring (bicyclic) bond motifs is 1. The summed E-state index contributed by atoms with van der Waals surface area (Å²) >= 11 is 1.43. The molecule has 2 N–H and O–H groups in total. The molecule has 10 heteroatoms. The van der Waals surface area contributed by atoms with Crippen molar-refractivity contribution in [3.63, 3.8) is 0 Å². The van der Waals surface area contributed by atoms with Crippen LogP contribution in [0.25, 0.3) is 10.1 Å². The van der Waals surface area contributed by atoms with Crippen molar-refractivity contribution in [2.24, 2.45) is 5.92 Å². The lowest BCUT2D eigenvalue weighted by Crippen LogP contribution is -2.67. The minimum atomic E-state index is -1.21. The van der Waals surface area contributed by atoms with Gasteiger partial charge in [-0.3, -0.25) is 14.4 Å². The number of rotatable bonds is 4. The molecule has 4 amide bonds. The van der Waals surface area contributed by atoms with Crippen LogP contribution in [0.4, 0.5) is 10.5 Å². The van der Waals surface area contributed by atoms with E-state index in [-0.39, 0.29) is 6.54 Å². The molecule has 4 rings (SSSR count). The van der Waals surface area contributed by atoms with Crippen LogP contribution in [0.2, 0.25) is 0 Å². The summed E-state index contributed by atoms with van der Waals surface area (Å²) in [4.78, 5) is 48.8. The Labute approximate surface area is 157 Å². The number of benzene rings is 1. The van der Waals surface area contributed by atoms with Gasteiger partial charge in [-0.2, -0.15) is 0 Å². The van der Waals surface area contributed by atoms with Gasteiger partial charge in [0.2, 0.25) is 5.91 Å². The maximum absolute atomic E-state index is 13.3. The van der Waals surface area contributed by atoms with Crippen LogP contribution in [0.5, 0.6) is 0 Å². The van der Waals surface area contributed by atoms with Crippen LogP contribution in [0, 0.1) is 5.92 Å². The maximum Gasteiger partial charge on any atom is 0.336 e. The van der Waals surface area contributed by atoms with Crippen LogP contribution in [-0.4, -0.2) is 48.1 Å². The topological polar surface area (TPSA) is 108 Å². The molecule has 0 radical (unpaired) electrons. The van der Waals surface area contributed by atoms with Gasteiger partial charge in [-0.1, -0.05) is 18.2 Å². The number of carbonyl (C=O) groups excluding carboxylic acids is 4. The van der Waals surface area contributed by atoms with Gasteiger partial charge in [0.1, 0.15) is 0 Å². The predicted molar refractivity (Wildman–Crippen MR) is 96.6 cm³/mol. The number of carbonyl (C=O) groups is 4. The van der Waals surface area contributed by atoms with E-state index in [1.54, 1.807) is 5.38 Å². The molecule has 1 aromatic carbocycles. The number of hydrogen-bond donors (Lipinski definition) is 2. The van der Waals surface area contributed by atoms with E-state index in [2.05, 4.69) is 10.6 Å². The third-order valence-electron chi connectivity index (χ3n) is 4.40. The van der Waals surface area contributed by atoms with Crippen molar-refractivity contribution in [2.45, 2.75) is 13.2 Å². The number of ether oxygens (including phenoxy) is 1. The molecule has 0 spiro atoms. The standard InChI is InChI=1S/C17H16N4O5S/c1-9(22)26-15-13(14(23)19-15)16(24)21(20-7-6-18-17(20)25)11-8-27-12-5-3-2-4-10(11)12/h2-5,8,13,15H,6-7H2,1H3,(H,18,25)(H,19,23)/t13-,15+/m1/s1. The molecule has 2 atom stereocenters. The first kappa shape index (κ1) is 17.3. The van der Waals surface area contributed by atoms with Gasteiger partial charge in [-0.05, 0) is 6.07 Å². The van der Waals surface area contributed by atoms with Gasteiger partial charge in [-0.15, -0.1) is 11.3 Å². The molecular weight excluding hydrogens is 372 g/mol. The summed E-state index contributed by atoms with van der Waals surface area (Å²) in [5, 5.41) is 10.1. The predicted octanol–water partition coefficient (Wildman–Crippen LogP) is 0.810. The van der Waals surface area contributed by atoms with E-state index in [1.165, 1.54) is 28.3 Å². The molecule has 0 saturated carbocycles. The van der Waals surface area contributed by atoms with Gasteiger partial charge < -0.3 is 15.4 Å². The van der Waals surface area contributed by atoms with Crippen molar-refractivity contribution >= 4 is 50.9 Å². The molecule has 0 aliphatic carbocycles. The number of hydrogen-bond acceptors (Lipinski definition) is 6. The van der Waals surface area contributed by atoms with Crippen molar-refractivity contribution < 1.29 is 23.9 Å². The molecule has 2 aliphatic heterocycles. The van der Waals surface area contributed by atoms with E-state index >= 15 is 0 Å². The van der Waals surface area contributed by atoms with Crippen molar-refractivity contribution in [1.29, 1.82) is 0 Å². The molecule has 2 aliphatic rings. The number of β-lactam (4-membered cyclic amide) rings is 1. The molecule has 9 nitrogen and oxygen atoms in total. The van der Waals surface area contributed by atoms with E-state index < -0.39 is 36.0 Å². The molecule has 1 aromatic heterocycles. The number of thiophene rings is 1. The summed E-state index contributed by atoms with van der Waals surface area (Å²) in [6.07, 6.45) is -1.04. The Morgan fingerprint density at radius 3 is 2.74 bits per heavy atom.